The van der Waals surface area contributed by atoms with Crippen molar-refractivity contribution in [2.45, 2.75) is 0 Å². The third-order valence-electron chi connectivity index (χ3n) is 3.48. The van der Waals surface area contributed by atoms with E-state index >= 15 is 0 Å². The summed E-state index contributed by atoms with van der Waals surface area (Å²) in [5.41, 5.74) is 2.23. The topological polar surface area (TPSA) is 9.23 Å². The second-order valence-electron chi connectivity index (χ2n) is 4.68. The minimum absolute atomic E-state index is 0.911. The van der Waals surface area contributed by atoms with Gasteiger partial charge in [0.2, 0.25) is 0 Å². The van der Waals surface area contributed by atoms with Crippen LogP contribution in [0.1, 0.15) is 11.1 Å². The maximum Gasteiger partial charge on any atom is 0.142 e. The summed E-state index contributed by atoms with van der Waals surface area (Å²) >= 11 is 0. The van der Waals surface area contributed by atoms with E-state index in [4.69, 9.17) is 4.74 Å². The number of para-hydroxylation sites is 1. The molecule has 0 saturated carbocycles. The molecule has 0 atom stereocenters. The number of hydrogen-bond donors (Lipinski definition) is 0. The van der Waals surface area contributed by atoms with Crippen molar-refractivity contribution in [1.82, 2.24) is 0 Å². The van der Waals surface area contributed by atoms with Gasteiger partial charge < -0.3 is 4.74 Å². The van der Waals surface area contributed by atoms with Gasteiger partial charge in [-0.25, -0.2) is 0 Å². The van der Waals surface area contributed by atoms with Crippen molar-refractivity contribution in [3.8, 4) is 11.5 Å². The summed E-state index contributed by atoms with van der Waals surface area (Å²) in [5, 5.41) is 2.36. The van der Waals surface area contributed by atoms with Gasteiger partial charge in [-0.3, -0.25) is 0 Å². The van der Waals surface area contributed by atoms with Crippen LogP contribution in [0.25, 0.3) is 22.9 Å². The molecule has 1 heterocycles. The highest BCUT2D eigenvalue weighted by atomic mass is 16.5. The quantitative estimate of drug-likeness (QED) is 0.417. The number of benzene rings is 3. The maximum absolute atomic E-state index is 6.15. The molecule has 4 rings (SSSR count). The van der Waals surface area contributed by atoms with E-state index in [0.717, 1.165) is 28.0 Å². The molecule has 3 aromatic rings. The first-order chi connectivity index (χ1) is 9.42. The summed E-state index contributed by atoms with van der Waals surface area (Å²) in [6, 6.07) is 20.7. The second kappa shape index (κ2) is 3.99. The standard InChI is InChI=1S/C18H12O/c1-3-7-16-13(5-1)9-11-15-12-10-14-6-2-4-8-17(14)19-18(15)16/h1-12H. The smallest absolute Gasteiger partial charge is 0.142 e. The molecule has 1 nitrogen and oxygen atoms in total. The van der Waals surface area contributed by atoms with Crippen molar-refractivity contribution in [1.29, 1.82) is 0 Å². The van der Waals surface area contributed by atoms with E-state index in [0.29, 0.717) is 0 Å². The molecule has 0 amide bonds. The molecular formula is C18H12O. The predicted octanol–water partition coefficient (Wildman–Crippen LogP) is 5.12. The Labute approximate surface area is 111 Å². The van der Waals surface area contributed by atoms with Gasteiger partial charge in [0.1, 0.15) is 11.5 Å². The van der Waals surface area contributed by atoms with Crippen molar-refractivity contribution in [2.24, 2.45) is 0 Å². The Hall–Kier alpha value is -2.54. The van der Waals surface area contributed by atoms with Gasteiger partial charge in [0.15, 0.2) is 0 Å². The van der Waals surface area contributed by atoms with Crippen LogP contribution in [0, 0.1) is 0 Å². The normalized spacial score (nSPS) is 12.4. The molecular weight excluding hydrogens is 232 g/mol. The lowest BCUT2D eigenvalue weighted by Crippen LogP contribution is -1.89. The highest BCUT2D eigenvalue weighted by Gasteiger charge is 2.12. The molecule has 1 heteroatoms. The van der Waals surface area contributed by atoms with Crippen LogP contribution in [0.5, 0.6) is 11.5 Å². The van der Waals surface area contributed by atoms with Crippen LogP contribution in [-0.2, 0) is 0 Å². The third-order valence-corrected chi connectivity index (χ3v) is 3.48. The Morgan fingerprint density at radius 1 is 0.632 bits per heavy atom. The van der Waals surface area contributed by atoms with Crippen molar-refractivity contribution in [3.63, 3.8) is 0 Å². The lowest BCUT2D eigenvalue weighted by Gasteiger charge is -2.11. The Kier molecular flexibility index (Phi) is 2.18. The zero-order valence-electron chi connectivity index (χ0n) is 10.3. The number of fused-ring (bicyclic) bond motifs is 4. The molecule has 90 valence electrons. The fraction of sp³-hybridized carbons (Fsp3) is 0. The average Bonchev–Trinajstić information content (AvgIpc) is 2.66. The molecule has 19 heavy (non-hydrogen) atoms. The summed E-state index contributed by atoms with van der Waals surface area (Å²) < 4.78 is 6.15. The first-order valence-electron chi connectivity index (χ1n) is 6.38. The largest absolute Gasteiger partial charge is 0.455 e. The summed E-state index contributed by atoms with van der Waals surface area (Å²) in [7, 11) is 0. The van der Waals surface area contributed by atoms with E-state index in [-0.39, 0.29) is 0 Å². The fourth-order valence-corrected chi connectivity index (χ4v) is 2.51. The molecule has 3 aromatic carbocycles. The molecule has 0 radical (unpaired) electrons. The zero-order valence-corrected chi connectivity index (χ0v) is 10.3. The number of rotatable bonds is 0. The summed E-state index contributed by atoms with van der Waals surface area (Å²) in [4.78, 5) is 0. The summed E-state index contributed by atoms with van der Waals surface area (Å²) in [6.45, 7) is 0. The van der Waals surface area contributed by atoms with Crippen LogP contribution in [0.3, 0.4) is 0 Å². The second-order valence-corrected chi connectivity index (χ2v) is 4.68. The molecule has 1 aliphatic heterocycles. The predicted molar refractivity (Wildman–Crippen MR) is 79.4 cm³/mol. The van der Waals surface area contributed by atoms with Crippen LogP contribution < -0.4 is 4.74 Å². The van der Waals surface area contributed by atoms with Crippen molar-refractivity contribution in [3.05, 3.63) is 71.8 Å². The summed E-state index contributed by atoms with van der Waals surface area (Å²) in [5.74, 6) is 1.85. The van der Waals surface area contributed by atoms with E-state index in [1.54, 1.807) is 0 Å². The van der Waals surface area contributed by atoms with E-state index in [9.17, 15) is 0 Å². The van der Waals surface area contributed by atoms with E-state index < -0.39 is 0 Å². The maximum atomic E-state index is 6.15. The lowest BCUT2D eigenvalue weighted by molar-refractivity contribution is 0.487. The first kappa shape index (κ1) is 10.4. The van der Waals surface area contributed by atoms with Gasteiger partial charge in [-0.2, -0.15) is 0 Å². The molecule has 0 saturated heterocycles. The van der Waals surface area contributed by atoms with Gasteiger partial charge in [-0.15, -0.1) is 0 Å². The third kappa shape index (κ3) is 1.63. The van der Waals surface area contributed by atoms with Crippen molar-refractivity contribution >= 4 is 22.9 Å². The molecule has 0 bridgehead atoms. The van der Waals surface area contributed by atoms with Crippen molar-refractivity contribution < 1.29 is 4.74 Å². The van der Waals surface area contributed by atoms with Crippen LogP contribution in [0.15, 0.2) is 60.7 Å². The summed E-state index contributed by atoms with van der Waals surface area (Å²) in [6.07, 6.45) is 4.23. The van der Waals surface area contributed by atoms with Gasteiger partial charge in [-0.05, 0) is 11.5 Å². The molecule has 0 N–H and O–H groups in total. The Bertz CT molecular complexity index is 800. The fourth-order valence-electron chi connectivity index (χ4n) is 2.51. The molecule has 0 unspecified atom stereocenters. The van der Waals surface area contributed by atoms with Gasteiger partial charge in [0.25, 0.3) is 0 Å². The van der Waals surface area contributed by atoms with Crippen molar-refractivity contribution in [2.75, 3.05) is 0 Å². The highest BCUT2D eigenvalue weighted by Crippen LogP contribution is 2.38. The van der Waals surface area contributed by atoms with Crippen LogP contribution in [0.4, 0.5) is 0 Å². The van der Waals surface area contributed by atoms with Crippen LogP contribution in [0.2, 0.25) is 0 Å². The number of hydrogen-bond acceptors (Lipinski definition) is 1. The van der Waals surface area contributed by atoms with Crippen LogP contribution in [-0.4, -0.2) is 0 Å². The lowest BCUT2D eigenvalue weighted by atomic mass is 10.0. The minimum atomic E-state index is 0.911. The van der Waals surface area contributed by atoms with E-state index in [2.05, 4.69) is 48.6 Å². The average molecular weight is 244 g/mol. The number of ether oxygens (including phenoxy) is 1. The Balaban J connectivity index is 2.03. The van der Waals surface area contributed by atoms with Gasteiger partial charge >= 0.3 is 0 Å². The molecule has 1 aliphatic rings. The van der Waals surface area contributed by atoms with Gasteiger partial charge in [0, 0.05) is 16.5 Å². The first-order valence-corrected chi connectivity index (χ1v) is 6.38. The molecule has 0 spiro atoms. The highest BCUT2D eigenvalue weighted by molar-refractivity contribution is 5.94. The van der Waals surface area contributed by atoms with Gasteiger partial charge in [0.05, 0.1) is 0 Å². The Morgan fingerprint density at radius 3 is 2.42 bits per heavy atom. The van der Waals surface area contributed by atoms with E-state index in [1.165, 1.54) is 5.39 Å². The molecule has 0 aromatic heterocycles. The molecule has 0 fully saturated rings. The monoisotopic (exact) mass is 244 g/mol. The SMILES string of the molecule is C1=Cc2ccc3ccccc3c2Oc2ccccc21. The minimum Gasteiger partial charge on any atom is -0.455 e. The van der Waals surface area contributed by atoms with Gasteiger partial charge in [-0.1, -0.05) is 66.7 Å². The van der Waals surface area contributed by atoms with E-state index in [1.807, 2.05) is 24.3 Å². The zero-order chi connectivity index (χ0) is 12.7. The molecule has 0 aliphatic carbocycles. The van der Waals surface area contributed by atoms with Crippen LogP contribution >= 0.6 is 0 Å². The Morgan fingerprint density at radius 2 is 1.42 bits per heavy atom.